The number of pyridine rings is 1. The highest BCUT2D eigenvalue weighted by atomic mass is 16.5. The number of hydrogen-bond donors (Lipinski definition) is 1. The summed E-state index contributed by atoms with van der Waals surface area (Å²) >= 11 is 0. The van der Waals surface area contributed by atoms with Crippen molar-refractivity contribution in [1.82, 2.24) is 15.5 Å². The minimum absolute atomic E-state index is 0.102. The molecule has 0 spiro atoms. The third-order valence-electron chi connectivity index (χ3n) is 6.29. The smallest absolute Gasteiger partial charge is 0.259 e. The first-order chi connectivity index (χ1) is 13.5. The lowest BCUT2D eigenvalue weighted by atomic mass is 9.62. The molecule has 2 saturated heterocycles. The molecule has 5 heterocycles. The van der Waals surface area contributed by atoms with E-state index in [9.17, 15) is 4.79 Å². The van der Waals surface area contributed by atoms with E-state index < -0.39 is 0 Å². The van der Waals surface area contributed by atoms with Crippen molar-refractivity contribution in [3.63, 3.8) is 0 Å². The minimum Gasteiger partial charge on any atom is -0.463 e. The van der Waals surface area contributed by atoms with Gasteiger partial charge in [-0.05, 0) is 57.2 Å². The van der Waals surface area contributed by atoms with Gasteiger partial charge >= 0.3 is 0 Å². The first-order valence-electron chi connectivity index (χ1n) is 9.85. The van der Waals surface area contributed by atoms with Gasteiger partial charge in [-0.15, -0.1) is 0 Å². The Morgan fingerprint density at radius 2 is 2.18 bits per heavy atom. The topological polar surface area (TPSA) is 90.4 Å². The average molecular weight is 379 g/mol. The minimum atomic E-state index is -0.179. The second kappa shape index (κ2) is 5.44. The molecule has 7 rings (SSSR count). The molecule has 3 aromatic rings. The fourth-order valence-corrected chi connectivity index (χ4v) is 4.95. The van der Waals surface area contributed by atoms with Gasteiger partial charge < -0.3 is 19.0 Å². The molecule has 4 fully saturated rings. The number of nitrogens with one attached hydrogen (secondary N) is 1. The number of fused-ring (bicyclic) bond motifs is 3. The summed E-state index contributed by atoms with van der Waals surface area (Å²) in [5.74, 6) is 0.854. The molecule has 2 aliphatic carbocycles. The zero-order chi connectivity index (χ0) is 18.9. The summed E-state index contributed by atoms with van der Waals surface area (Å²) in [6, 6.07) is 5.42. The second-order valence-electron chi connectivity index (χ2n) is 8.69. The van der Waals surface area contributed by atoms with E-state index in [1.165, 1.54) is 0 Å². The summed E-state index contributed by atoms with van der Waals surface area (Å²) in [5, 5.41) is 8.27. The lowest BCUT2D eigenvalue weighted by Crippen LogP contribution is -2.68. The second-order valence-corrected chi connectivity index (χ2v) is 8.69. The van der Waals surface area contributed by atoms with Gasteiger partial charge in [0.1, 0.15) is 5.69 Å². The van der Waals surface area contributed by atoms with Crippen LogP contribution in [0.3, 0.4) is 0 Å². The largest absolute Gasteiger partial charge is 0.463 e. The van der Waals surface area contributed by atoms with E-state index in [2.05, 4.69) is 22.4 Å². The monoisotopic (exact) mass is 379 g/mol. The SMILES string of the molecule is CC12CC(NC(=O)c3cc(-c4ccco4)nc4onc(C5CC5)c34)(CCO1)C2. The third-order valence-corrected chi connectivity index (χ3v) is 6.29. The first-order valence-corrected chi connectivity index (χ1v) is 9.85. The summed E-state index contributed by atoms with van der Waals surface area (Å²) in [4.78, 5) is 18.0. The highest BCUT2D eigenvalue weighted by Gasteiger charge is 2.56. The Bertz CT molecular complexity index is 1070. The van der Waals surface area contributed by atoms with Crippen LogP contribution in [-0.2, 0) is 4.74 Å². The van der Waals surface area contributed by atoms with Crippen LogP contribution in [0.4, 0.5) is 0 Å². The number of furan rings is 1. The maximum atomic E-state index is 13.4. The molecule has 0 unspecified atom stereocenters. The predicted molar refractivity (Wildman–Crippen MR) is 99.9 cm³/mol. The fraction of sp³-hybridized carbons (Fsp3) is 0.476. The molecule has 28 heavy (non-hydrogen) atoms. The Balaban J connectivity index is 1.43. The van der Waals surface area contributed by atoms with E-state index in [4.69, 9.17) is 13.7 Å². The molecule has 0 atom stereocenters. The van der Waals surface area contributed by atoms with Crippen LogP contribution in [0.1, 0.15) is 61.0 Å². The van der Waals surface area contributed by atoms with Crippen LogP contribution in [0.15, 0.2) is 33.4 Å². The van der Waals surface area contributed by atoms with Crippen LogP contribution >= 0.6 is 0 Å². The number of nitrogens with zero attached hydrogens (tertiary/aromatic N) is 2. The molecule has 3 aromatic heterocycles. The summed E-state index contributed by atoms with van der Waals surface area (Å²) in [6.07, 6.45) is 6.28. The van der Waals surface area contributed by atoms with Crippen LogP contribution in [-0.4, -0.2) is 33.8 Å². The fourth-order valence-electron chi connectivity index (χ4n) is 4.95. The van der Waals surface area contributed by atoms with Crippen LogP contribution in [0.5, 0.6) is 0 Å². The van der Waals surface area contributed by atoms with Crippen LogP contribution in [0, 0.1) is 0 Å². The summed E-state index contributed by atoms with van der Waals surface area (Å²) in [7, 11) is 0. The zero-order valence-corrected chi connectivity index (χ0v) is 15.7. The van der Waals surface area contributed by atoms with Crippen LogP contribution < -0.4 is 5.32 Å². The Hall–Kier alpha value is -2.67. The highest BCUT2D eigenvalue weighted by Crippen LogP contribution is 2.50. The van der Waals surface area contributed by atoms with E-state index in [1.807, 2.05) is 6.07 Å². The standard InChI is InChI=1S/C21H21N3O4/c1-20-10-21(11-20,6-8-27-20)23-18(25)13-9-14(15-3-2-7-26-15)22-19-16(13)17(24-28-19)12-4-5-12/h2-3,7,9,12H,4-6,8,10-11H2,1H3,(H,23,25). The van der Waals surface area contributed by atoms with E-state index in [0.717, 1.165) is 43.2 Å². The summed E-state index contributed by atoms with van der Waals surface area (Å²) in [6.45, 7) is 2.79. The molecule has 144 valence electrons. The van der Waals surface area contributed by atoms with Gasteiger partial charge in [0, 0.05) is 18.1 Å². The number of rotatable bonds is 4. The zero-order valence-electron chi connectivity index (χ0n) is 15.7. The van der Waals surface area contributed by atoms with Gasteiger partial charge in [-0.25, -0.2) is 4.98 Å². The van der Waals surface area contributed by atoms with Crippen molar-refractivity contribution in [2.24, 2.45) is 0 Å². The van der Waals surface area contributed by atoms with Crippen molar-refractivity contribution in [1.29, 1.82) is 0 Å². The van der Waals surface area contributed by atoms with Crippen molar-refractivity contribution in [3.05, 3.63) is 35.7 Å². The predicted octanol–water partition coefficient (Wildman–Crippen LogP) is 3.80. The van der Waals surface area contributed by atoms with Crippen molar-refractivity contribution < 1.29 is 18.5 Å². The molecular weight excluding hydrogens is 358 g/mol. The van der Waals surface area contributed by atoms with Gasteiger partial charge in [0.05, 0.1) is 28.5 Å². The van der Waals surface area contributed by atoms with Crippen LogP contribution in [0.25, 0.3) is 22.6 Å². The lowest BCUT2D eigenvalue weighted by molar-refractivity contribution is -0.183. The molecule has 0 aromatic carbocycles. The van der Waals surface area contributed by atoms with E-state index >= 15 is 0 Å². The first kappa shape index (κ1) is 16.3. The maximum Gasteiger partial charge on any atom is 0.259 e. The van der Waals surface area contributed by atoms with Gasteiger partial charge in [-0.3, -0.25) is 4.79 Å². The normalized spacial score (nSPS) is 28.9. The van der Waals surface area contributed by atoms with Gasteiger partial charge in [-0.1, -0.05) is 5.16 Å². The average Bonchev–Trinajstić information content (AvgIpc) is 3.17. The molecule has 0 radical (unpaired) electrons. The molecule has 7 nitrogen and oxygen atoms in total. The summed E-state index contributed by atoms with van der Waals surface area (Å²) < 4.78 is 16.8. The maximum absolute atomic E-state index is 13.4. The Labute approximate surface area is 161 Å². The molecule has 4 aliphatic rings. The Morgan fingerprint density at radius 3 is 2.89 bits per heavy atom. The van der Waals surface area contributed by atoms with E-state index in [-0.39, 0.29) is 17.0 Å². The Kier molecular flexibility index (Phi) is 3.17. The number of aromatic nitrogens is 2. The molecule has 2 bridgehead atoms. The molecule has 7 heteroatoms. The van der Waals surface area contributed by atoms with Gasteiger partial charge in [0.25, 0.3) is 11.6 Å². The summed E-state index contributed by atoms with van der Waals surface area (Å²) in [5.41, 5.74) is 2.10. The number of amides is 1. The van der Waals surface area contributed by atoms with E-state index in [0.29, 0.717) is 35.3 Å². The van der Waals surface area contributed by atoms with Gasteiger partial charge in [0.2, 0.25) is 0 Å². The third kappa shape index (κ3) is 2.42. The lowest BCUT2D eigenvalue weighted by Gasteiger charge is -2.58. The van der Waals surface area contributed by atoms with Gasteiger partial charge in [0.15, 0.2) is 5.76 Å². The van der Waals surface area contributed by atoms with Crippen molar-refractivity contribution >= 4 is 17.0 Å². The van der Waals surface area contributed by atoms with Crippen molar-refractivity contribution in [3.8, 4) is 11.5 Å². The van der Waals surface area contributed by atoms with Crippen LogP contribution in [0.2, 0.25) is 0 Å². The molecule has 1 amide bonds. The molecular formula is C21H21N3O4. The quantitative estimate of drug-likeness (QED) is 0.741. The van der Waals surface area contributed by atoms with Crippen molar-refractivity contribution in [2.75, 3.05) is 6.61 Å². The number of ether oxygens (including phenoxy) is 1. The van der Waals surface area contributed by atoms with E-state index in [1.54, 1.807) is 18.4 Å². The molecule has 2 aliphatic heterocycles. The molecule has 1 N–H and O–H groups in total. The molecule has 2 saturated carbocycles. The number of hydrogen-bond acceptors (Lipinski definition) is 6. The number of carbonyl (C=O) groups excluding carboxylic acids is 1. The Morgan fingerprint density at radius 1 is 1.32 bits per heavy atom. The highest BCUT2D eigenvalue weighted by molar-refractivity contribution is 6.07. The number of carbonyl (C=O) groups is 1. The van der Waals surface area contributed by atoms with Gasteiger partial charge in [-0.2, -0.15) is 0 Å². The van der Waals surface area contributed by atoms with Crippen molar-refractivity contribution in [2.45, 2.75) is 56.1 Å².